The van der Waals surface area contributed by atoms with Gasteiger partial charge in [0.05, 0.1) is 13.2 Å². The van der Waals surface area contributed by atoms with Gasteiger partial charge < -0.3 is 14.4 Å². The Morgan fingerprint density at radius 1 is 1.07 bits per heavy atom. The summed E-state index contributed by atoms with van der Waals surface area (Å²) < 4.78 is 38.8. The van der Waals surface area contributed by atoms with Crippen molar-refractivity contribution in [3.05, 3.63) is 16.3 Å². The summed E-state index contributed by atoms with van der Waals surface area (Å²) in [5, 5.41) is 1.70. The zero-order valence-electron chi connectivity index (χ0n) is 15.3. The minimum atomic E-state index is -3.62. The number of hydrogen-bond donors (Lipinski definition) is 0. The van der Waals surface area contributed by atoms with Crippen LogP contribution in [0.25, 0.3) is 0 Å². The Morgan fingerprint density at radius 3 is 2.56 bits per heavy atom. The van der Waals surface area contributed by atoms with Crippen LogP contribution in [0.15, 0.2) is 16.3 Å². The summed E-state index contributed by atoms with van der Waals surface area (Å²) in [6.45, 7) is 3.45. The number of nitrogens with zero attached hydrogens (tertiary/aromatic N) is 2. The molecule has 3 aliphatic heterocycles. The largest absolute Gasteiger partial charge is 0.350 e. The quantitative estimate of drug-likeness (QED) is 0.755. The number of ether oxygens (including phenoxy) is 2. The third-order valence-electron chi connectivity index (χ3n) is 5.53. The first-order valence-corrected chi connectivity index (χ1v) is 12.0. The summed E-state index contributed by atoms with van der Waals surface area (Å²) >= 11 is 1.22. The highest BCUT2D eigenvalue weighted by molar-refractivity contribution is 7.89. The van der Waals surface area contributed by atoms with Crippen LogP contribution in [0.4, 0.5) is 0 Å². The van der Waals surface area contributed by atoms with Gasteiger partial charge in [0, 0.05) is 32.1 Å². The third-order valence-corrected chi connectivity index (χ3v) is 8.51. The van der Waals surface area contributed by atoms with Crippen molar-refractivity contribution in [1.29, 1.82) is 0 Å². The van der Waals surface area contributed by atoms with E-state index in [1.54, 1.807) is 16.3 Å². The normalized spacial score (nSPS) is 25.8. The monoisotopic (exact) mass is 414 g/mol. The first-order chi connectivity index (χ1) is 13.1. The molecule has 150 valence electrons. The number of piperidine rings is 2. The zero-order valence-corrected chi connectivity index (χ0v) is 17.0. The van der Waals surface area contributed by atoms with Crippen LogP contribution in [0.5, 0.6) is 0 Å². The maximum absolute atomic E-state index is 13.1. The molecule has 3 fully saturated rings. The second kappa shape index (κ2) is 8.16. The van der Waals surface area contributed by atoms with E-state index in [0.717, 1.165) is 32.1 Å². The van der Waals surface area contributed by atoms with E-state index in [4.69, 9.17) is 9.47 Å². The molecule has 7 nitrogen and oxygen atoms in total. The Labute approximate surface area is 164 Å². The van der Waals surface area contributed by atoms with E-state index < -0.39 is 10.0 Å². The molecular weight excluding hydrogens is 388 g/mol. The smallest absolute Gasteiger partial charge is 0.265 e. The first kappa shape index (κ1) is 19.3. The minimum absolute atomic E-state index is 0.146. The van der Waals surface area contributed by atoms with Crippen LogP contribution < -0.4 is 0 Å². The Bertz CT molecular complexity index is 766. The van der Waals surface area contributed by atoms with E-state index in [9.17, 15) is 13.2 Å². The number of carbonyl (C=O) groups is 1. The lowest BCUT2D eigenvalue weighted by atomic mass is 9.97. The van der Waals surface area contributed by atoms with Gasteiger partial charge in [-0.3, -0.25) is 4.79 Å². The molecule has 0 spiro atoms. The zero-order chi connectivity index (χ0) is 18.9. The Hall–Kier alpha value is -1.00. The van der Waals surface area contributed by atoms with E-state index in [0.29, 0.717) is 44.3 Å². The second-order valence-electron chi connectivity index (χ2n) is 7.34. The van der Waals surface area contributed by atoms with Gasteiger partial charge in [-0.25, -0.2) is 8.42 Å². The molecule has 3 saturated heterocycles. The van der Waals surface area contributed by atoms with Crippen molar-refractivity contribution in [3.8, 4) is 0 Å². The minimum Gasteiger partial charge on any atom is -0.350 e. The maximum Gasteiger partial charge on any atom is 0.265 e. The van der Waals surface area contributed by atoms with Crippen LogP contribution in [0.3, 0.4) is 0 Å². The van der Waals surface area contributed by atoms with Gasteiger partial charge in [-0.2, -0.15) is 4.31 Å². The Morgan fingerprint density at radius 2 is 1.81 bits per heavy atom. The predicted octanol–water partition coefficient (Wildman–Crippen LogP) is 2.15. The van der Waals surface area contributed by atoms with Crippen molar-refractivity contribution in [3.63, 3.8) is 0 Å². The number of rotatable bonds is 4. The van der Waals surface area contributed by atoms with E-state index >= 15 is 0 Å². The highest BCUT2D eigenvalue weighted by atomic mass is 32.2. The molecule has 1 amide bonds. The average Bonchev–Trinajstić information content (AvgIpc) is 3.40. The van der Waals surface area contributed by atoms with Crippen LogP contribution in [0, 0.1) is 5.92 Å². The average molecular weight is 415 g/mol. The summed E-state index contributed by atoms with van der Waals surface area (Å²) in [5.74, 6) is -0.0457. The molecule has 0 aliphatic carbocycles. The molecule has 4 heterocycles. The van der Waals surface area contributed by atoms with E-state index in [1.807, 2.05) is 0 Å². The van der Waals surface area contributed by atoms with Gasteiger partial charge in [0.2, 0.25) is 10.0 Å². The summed E-state index contributed by atoms with van der Waals surface area (Å²) in [6.07, 6.45) is 4.39. The fraction of sp³-hybridized carbons (Fsp3) is 0.722. The molecule has 1 aromatic heterocycles. The van der Waals surface area contributed by atoms with Gasteiger partial charge >= 0.3 is 0 Å². The highest BCUT2D eigenvalue weighted by Gasteiger charge is 2.36. The van der Waals surface area contributed by atoms with Crippen molar-refractivity contribution < 1.29 is 22.7 Å². The van der Waals surface area contributed by atoms with Gasteiger partial charge in [0.15, 0.2) is 6.29 Å². The van der Waals surface area contributed by atoms with Crippen molar-refractivity contribution in [1.82, 2.24) is 9.21 Å². The number of sulfonamides is 1. The van der Waals surface area contributed by atoms with E-state index in [-0.39, 0.29) is 23.0 Å². The number of hydrogen-bond acceptors (Lipinski definition) is 6. The first-order valence-electron chi connectivity index (χ1n) is 9.67. The number of likely N-dealkylation sites (tertiary alicyclic amines) is 1. The molecule has 3 aliphatic rings. The molecule has 0 saturated carbocycles. The Kier molecular flexibility index (Phi) is 5.84. The fourth-order valence-corrected chi connectivity index (χ4v) is 6.99. The van der Waals surface area contributed by atoms with Crippen LogP contribution in [0.2, 0.25) is 0 Å². The summed E-state index contributed by atoms with van der Waals surface area (Å²) in [7, 11) is -3.62. The summed E-state index contributed by atoms with van der Waals surface area (Å²) in [5.41, 5.74) is 0. The van der Waals surface area contributed by atoms with Gasteiger partial charge in [0.25, 0.3) is 5.91 Å². The molecule has 0 aromatic carbocycles. The number of carbonyl (C=O) groups excluding carboxylic acids is 1. The van der Waals surface area contributed by atoms with Crippen LogP contribution >= 0.6 is 11.3 Å². The van der Waals surface area contributed by atoms with E-state index in [2.05, 4.69) is 0 Å². The van der Waals surface area contributed by atoms with Crippen LogP contribution in [-0.2, 0) is 19.5 Å². The molecule has 4 rings (SSSR count). The lowest BCUT2D eigenvalue weighted by Crippen LogP contribution is -2.44. The predicted molar refractivity (Wildman–Crippen MR) is 101 cm³/mol. The Balaban J connectivity index is 1.52. The highest BCUT2D eigenvalue weighted by Crippen LogP contribution is 2.31. The second-order valence-corrected chi connectivity index (χ2v) is 10.2. The molecule has 1 aromatic rings. The topological polar surface area (TPSA) is 76.2 Å². The molecule has 0 N–H and O–H groups in total. The van der Waals surface area contributed by atoms with Crippen molar-refractivity contribution in [2.75, 3.05) is 39.4 Å². The molecule has 9 heteroatoms. The fourth-order valence-electron chi connectivity index (χ4n) is 4.11. The molecule has 27 heavy (non-hydrogen) atoms. The third kappa shape index (κ3) is 3.93. The molecule has 1 unspecified atom stereocenters. The lowest BCUT2D eigenvalue weighted by molar-refractivity contribution is -0.0969. The summed E-state index contributed by atoms with van der Waals surface area (Å²) in [6, 6.07) is 1.58. The van der Waals surface area contributed by atoms with Crippen molar-refractivity contribution in [2.24, 2.45) is 5.92 Å². The molecule has 0 radical (unpaired) electrons. The maximum atomic E-state index is 13.1. The van der Waals surface area contributed by atoms with Gasteiger partial charge in [-0.1, -0.05) is 6.42 Å². The summed E-state index contributed by atoms with van der Waals surface area (Å²) in [4.78, 5) is 15.4. The molecule has 0 bridgehead atoms. The standard InChI is InChI=1S/C18H26N2O5S2/c21-17(19-7-4-5-14(13-19)18-24-10-11-25-18)16-15(6-12-26-16)27(22,23)20-8-2-1-3-9-20/h6,12,14,18H,1-5,7-11,13H2. The van der Waals surface area contributed by atoms with Crippen molar-refractivity contribution in [2.45, 2.75) is 43.3 Å². The van der Waals surface area contributed by atoms with Gasteiger partial charge in [0.1, 0.15) is 9.77 Å². The molecule has 1 atom stereocenters. The van der Waals surface area contributed by atoms with Crippen molar-refractivity contribution >= 4 is 27.3 Å². The van der Waals surface area contributed by atoms with Crippen LogP contribution in [-0.4, -0.2) is 69.2 Å². The lowest BCUT2D eigenvalue weighted by Gasteiger charge is -2.34. The number of thiophene rings is 1. The molecular formula is C18H26N2O5S2. The van der Waals surface area contributed by atoms with Gasteiger partial charge in [-0.15, -0.1) is 11.3 Å². The SMILES string of the molecule is O=C(c1sccc1S(=O)(=O)N1CCCCC1)N1CCCC(C2OCCO2)C1. The van der Waals surface area contributed by atoms with E-state index in [1.165, 1.54) is 15.6 Å². The van der Waals surface area contributed by atoms with Crippen LogP contribution in [0.1, 0.15) is 41.8 Å². The van der Waals surface area contributed by atoms with Gasteiger partial charge in [-0.05, 0) is 37.1 Å². The number of amides is 1.